The van der Waals surface area contributed by atoms with Crippen LogP contribution in [-0.4, -0.2) is 25.1 Å². The molecule has 2 N–H and O–H groups in total. The van der Waals surface area contributed by atoms with Gasteiger partial charge >= 0.3 is 0 Å². The second-order valence-corrected chi connectivity index (χ2v) is 4.30. The van der Waals surface area contributed by atoms with E-state index in [0.717, 1.165) is 25.5 Å². The van der Waals surface area contributed by atoms with E-state index in [1.54, 1.807) is 0 Å². The number of hydrogen-bond donors (Lipinski definition) is 2. The zero-order chi connectivity index (χ0) is 12.2. The maximum atomic E-state index is 4.49. The summed E-state index contributed by atoms with van der Waals surface area (Å²) in [5.74, 6) is 0.966. The number of nitrogens with one attached hydrogen (secondary N) is 2. The molecule has 0 saturated carbocycles. The summed E-state index contributed by atoms with van der Waals surface area (Å²) >= 11 is 0. The van der Waals surface area contributed by atoms with Gasteiger partial charge < -0.3 is 10.6 Å². The molecule has 0 saturated heterocycles. The van der Waals surface area contributed by atoms with Gasteiger partial charge in [0.1, 0.15) is 0 Å². The van der Waals surface area contributed by atoms with Crippen molar-refractivity contribution < 1.29 is 0 Å². The Morgan fingerprint density at radius 3 is 2.44 bits per heavy atom. The Balaban J connectivity index is 3.87. The maximum absolute atomic E-state index is 4.49. The third-order valence-corrected chi connectivity index (χ3v) is 2.46. The van der Waals surface area contributed by atoms with E-state index < -0.39 is 0 Å². The number of guanidine groups is 1. The predicted molar refractivity (Wildman–Crippen MR) is 73.0 cm³/mol. The van der Waals surface area contributed by atoms with E-state index in [0.29, 0.717) is 6.04 Å². The summed E-state index contributed by atoms with van der Waals surface area (Å²) in [6.45, 7) is 10.6. The summed E-state index contributed by atoms with van der Waals surface area (Å²) in [6.07, 6.45) is 6.24. The third-order valence-electron chi connectivity index (χ3n) is 2.46. The summed E-state index contributed by atoms with van der Waals surface area (Å²) in [5, 5.41) is 6.73. The molecule has 0 radical (unpaired) electrons. The first kappa shape index (κ1) is 15.3. The first-order valence-corrected chi connectivity index (χ1v) is 6.79. The zero-order valence-electron chi connectivity index (χ0n) is 11.5. The van der Waals surface area contributed by atoms with Crippen molar-refractivity contribution >= 4 is 5.96 Å². The fourth-order valence-corrected chi connectivity index (χ4v) is 1.55. The van der Waals surface area contributed by atoms with Crippen molar-refractivity contribution in [2.45, 2.75) is 65.8 Å². The molecule has 0 aliphatic heterocycles. The monoisotopic (exact) mass is 227 g/mol. The quantitative estimate of drug-likeness (QED) is 0.380. The van der Waals surface area contributed by atoms with Gasteiger partial charge in [-0.2, -0.15) is 0 Å². The van der Waals surface area contributed by atoms with Gasteiger partial charge in [-0.25, -0.2) is 0 Å². The highest BCUT2D eigenvalue weighted by atomic mass is 15.2. The van der Waals surface area contributed by atoms with Crippen LogP contribution in [0.25, 0.3) is 0 Å². The Hall–Kier alpha value is -0.730. The van der Waals surface area contributed by atoms with E-state index in [1.165, 1.54) is 25.7 Å². The average molecular weight is 227 g/mol. The highest BCUT2D eigenvalue weighted by Gasteiger charge is 2.03. The van der Waals surface area contributed by atoms with Crippen LogP contribution >= 0.6 is 0 Å². The van der Waals surface area contributed by atoms with Gasteiger partial charge in [0.2, 0.25) is 0 Å². The SMILES string of the molecule is CCCCCC(C)NC(=NCCC)NCC. The third kappa shape index (κ3) is 8.57. The van der Waals surface area contributed by atoms with E-state index in [9.17, 15) is 0 Å². The van der Waals surface area contributed by atoms with Crippen LogP contribution in [-0.2, 0) is 0 Å². The van der Waals surface area contributed by atoms with E-state index in [4.69, 9.17) is 0 Å². The molecule has 0 amide bonds. The smallest absolute Gasteiger partial charge is 0.191 e. The molecule has 0 aliphatic carbocycles. The van der Waals surface area contributed by atoms with Gasteiger partial charge in [-0.05, 0) is 26.7 Å². The Labute approximate surface area is 101 Å². The van der Waals surface area contributed by atoms with Crippen LogP contribution in [0.2, 0.25) is 0 Å². The van der Waals surface area contributed by atoms with Crippen LogP contribution < -0.4 is 10.6 Å². The summed E-state index contributed by atoms with van der Waals surface area (Å²) in [7, 11) is 0. The molecule has 16 heavy (non-hydrogen) atoms. The minimum Gasteiger partial charge on any atom is -0.357 e. The van der Waals surface area contributed by atoms with Gasteiger partial charge in [-0.15, -0.1) is 0 Å². The van der Waals surface area contributed by atoms with Crippen LogP contribution in [0.3, 0.4) is 0 Å². The first-order valence-electron chi connectivity index (χ1n) is 6.79. The lowest BCUT2D eigenvalue weighted by molar-refractivity contribution is 0.547. The van der Waals surface area contributed by atoms with Crippen molar-refractivity contribution in [2.75, 3.05) is 13.1 Å². The van der Waals surface area contributed by atoms with E-state index in [1.807, 2.05) is 0 Å². The van der Waals surface area contributed by atoms with E-state index in [2.05, 4.69) is 43.3 Å². The summed E-state index contributed by atoms with van der Waals surface area (Å²) < 4.78 is 0. The molecule has 0 heterocycles. The van der Waals surface area contributed by atoms with Crippen molar-refractivity contribution in [1.29, 1.82) is 0 Å². The Morgan fingerprint density at radius 1 is 1.12 bits per heavy atom. The van der Waals surface area contributed by atoms with Crippen molar-refractivity contribution in [3.63, 3.8) is 0 Å². The van der Waals surface area contributed by atoms with Gasteiger partial charge in [0.05, 0.1) is 0 Å². The number of hydrogen-bond acceptors (Lipinski definition) is 1. The lowest BCUT2D eigenvalue weighted by atomic mass is 10.1. The Kier molecular flexibility index (Phi) is 10.3. The van der Waals surface area contributed by atoms with Crippen LogP contribution in [0.15, 0.2) is 4.99 Å². The molecule has 0 rings (SSSR count). The maximum Gasteiger partial charge on any atom is 0.191 e. The largest absolute Gasteiger partial charge is 0.357 e. The van der Waals surface area contributed by atoms with Crippen LogP contribution in [0, 0.1) is 0 Å². The Morgan fingerprint density at radius 2 is 1.88 bits per heavy atom. The lowest BCUT2D eigenvalue weighted by Crippen LogP contribution is -2.42. The standard InChI is InChI=1S/C13H29N3/c1-5-8-9-10-12(4)16-13(14-7-3)15-11-6-2/h12H,5-11H2,1-4H3,(H2,14,15,16). The predicted octanol–water partition coefficient (Wildman–Crippen LogP) is 2.92. The van der Waals surface area contributed by atoms with E-state index in [-0.39, 0.29) is 0 Å². The molecule has 3 heteroatoms. The molecule has 3 nitrogen and oxygen atoms in total. The average Bonchev–Trinajstić information content (AvgIpc) is 2.26. The first-order chi connectivity index (χ1) is 7.74. The van der Waals surface area contributed by atoms with Crippen molar-refractivity contribution in [3.05, 3.63) is 0 Å². The van der Waals surface area contributed by atoms with Gasteiger partial charge in [0.25, 0.3) is 0 Å². The molecule has 96 valence electrons. The second kappa shape index (κ2) is 10.8. The molecule has 0 aromatic carbocycles. The number of aliphatic imine (C=N–C) groups is 1. The van der Waals surface area contributed by atoms with Crippen molar-refractivity contribution in [2.24, 2.45) is 4.99 Å². The Bertz CT molecular complexity index is 178. The van der Waals surface area contributed by atoms with Crippen LogP contribution in [0.5, 0.6) is 0 Å². The van der Waals surface area contributed by atoms with Gasteiger partial charge in [0, 0.05) is 19.1 Å². The molecule has 0 fully saturated rings. The molecular formula is C13H29N3. The zero-order valence-corrected chi connectivity index (χ0v) is 11.5. The van der Waals surface area contributed by atoms with E-state index >= 15 is 0 Å². The molecule has 0 aromatic heterocycles. The van der Waals surface area contributed by atoms with Crippen molar-refractivity contribution in [3.8, 4) is 0 Å². The fourth-order valence-electron chi connectivity index (χ4n) is 1.55. The number of unbranched alkanes of at least 4 members (excludes halogenated alkanes) is 2. The summed E-state index contributed by atoms with van der Waals surface area (Å²) in [5.41, 5.74) is 0. The number of rotatable bonds is 8. The van der Waals surface area contributed by atoms with Gasteiger partial charge in [-0.1, -0.05) is 33.1 Å². The molecular weight excluding hydrogens is 198 g/mol. The summed E-state index contributed by atoms with van der Waals surface area (Å²) in [4.78, 5) is 4.49. The second-order valence-electron chi connectivity index (χ2n) is 4.30. The molecule has 0 spiro atoms. The molecule has 1 atom stereocenters. The van der Waals surface area contributed by atoms with Gasteiger partial charge in [-0.3, -0.25) is 4.99 Å². The van der Waals surface area contributed by atoms with Crippen LogP contribution in [0.4, 0.5) is 0 Å². The highest BCUT2D eigenvalue weighted by molar-refractivity contribution is 5.79. The molecule has 0 bridgehead atoms. The van der Waals surface area contributed by atoms with Gasteiger partial charge in [0.15, 0.2) is 5.96 Å². The fraction of sp³-hybridized carbons (Fsp3) is 0.923. The molecule has 0 aliphatic rings. The van der Waals surface area contributed by atoms with Crippen LogP contribution in [0.1, 0.15) is 59.8 Å². The number of nitrogens with zero attached hydrogens (tertiary/aromatic N) is 1. The normalized spacial score (nSPS) is 13.6. The van der Waals surface area contributed by atoms with Crippen molar-refractivity contribution in [1.82, 2.24) is 10.6 Å². The molecule has 0 aromatic rings. The highest BCUT2D eigenvalue weighted by Crippen LogP contribution is 2.02. The minimum absolute atomic E-state index is 0.515. The lowest BCUT2D eigenvalue weighted by Gasteiger charge is -2.17. The molecule has 1 unspecified atom stereocenters. The summed E-state index contributed by atoms with van der Waals surface area (Å²) in [6, 6.07) is 0.515. The minimum atomic E-state index is 0.515. The topological polar surface area (TPSA) is 36.4 Å².